The van der Waals surface area contributed by atoms with E-state index in [1.54, 1.807) is 0 Å². The van der Waals surface area contributed by atoms with E-state index in [9.17, 15) is 32.8 Å². The molecule has 0 saturated heterocycles. The Morgan fingerprint density at radius 3 is 0.976 bits per heavy atom. The maximum Gasteiger partial charge on any atom is 1.00 e. The van der Waals surface area contributed by atoms with Crippen LogP contribution in [0.3, 0.4) is 0 Å². The fourth-order valence-electron chi connectivity index (χ4n) is 5.89. The standard InChI is InChI=1S/C32H62O7S.2Li/c1-3-5-7-9-11-13-15-17-19-21-23-25-27-32(31(35)36,29(30(33)34)40(37,38)39)28-26-24-22-20-18-16-14-12-10-8-6-4-2;;/h29H,3-28H2,1-2H3,(H,33,34)(H,35,36)(H,37,38,39);;/q;2*+1/p-2. The van der Waals surface area contributed by atoms with Gasteiger partial charge in [0.05, 0.1) is 5.97 Å². The van der Waals surface area contributed by atoms with Gasteiger partial charge in [-0.2, -0.15) is 8.42 Å². The van der Waals surface area contributed by atoms with Gasteiger partial charge in [0.15, 0.2) is 0 Å². The molecule has 0 aromatic rings. The summed E-state index contributed by atoms with van der Waals surface area (Å²) in [4.78, 5) is 24.1. The first-order chi connectivity index (χ1) is 19.1. The molecular formula is C32H60Li2O7S. The average Bonchev–Trinajstić information content (AvgIpc) is 2.88. The van der Waals surface area contributed by atoms with Crippen molar-refractivity contribution in [3.63, 3.8) is 0 Å². The number of carboxylic acids is 2. The van der Waals surface area contributed by atoms with Gasteiger partial charge in [0, 0.05) is 11.4 Å². The van der Waals surface area contributed by atoms with Crippen LogP contribution in [0.25, 0.3) is 0 Å². The summed E-state index contributed by atoms with van der Waals surface area (Å²) in [6, 6.07) is 0. The van der Waals surface area contributed by atoms with Crippen molar-refractivity contribution in [2.24, 2.45) is 5.41 Å². The zero-order valence-electron chi connectivity index (χ0n) is 27.8. The molecule has 0 heterocycles. The Kier molecular flexibility index (Phi) is 32.9. The van der Waals surface area contributed by atoms with Gasteiger partial charge in [0.25, 0.3) is 10.1 Å². The van der Waals surface area contributed by atoms with Gasteiger partial charge < -0.3 is 19.8 Å². The van der Waals surface area contributed by atoms with Gasteiger partial charge in [-0.1, -0.05) is 168 Å². The van der Waals surface area contributed by atoms with Gasteiger partial charge in [-0.3, -0.25) is 4.55 Å². The summed E-state index contributed by atoms with van der Waals surface area (Å²) in [5.41, 5.74) is -2.19. The van der Waals surface area contributed by atoms with E-state index in [0.717, 1.165) is 38.5 Å². The number of unbranched alkanes of at least 4 members (excludes halogenated alkanes) is 22. The van der Waals surface area contributed by atoms with Crippen molar-refractivity contribution in [1.29, 1.82) is 0 Å². The van der Waals surface area contributed by atoms with E-state index in [1.807, 2.05) is 0 Å². The van der Waals surface area contributed by atoms with Crippen LogP contribution in [0, 0.1) is 5.41 Å². The second kappa shape index (κ2) is 29.7. The van der Waals surface area contributed by atoms with Crippen LogP contribution in [0.4, 0.5) is 0 Å². The molecule has 0 aliphatic heterocycles. The number of carbonyl (C=O) groups excluding carboxylic acids is 2. The van der Waals surface area contributed by atoms with E-state index in [-0.39, 0.29) is 50.6 Å². The predicted octanol–water partition coefficient (Wildman–Crippen LogP) is 0.919. The van der Waals surface area contributed by atoms with E-state index in [2.05, 4.69) is 13.8 Å². The predicted molar refractivity (Wildman–Crippen MR) is 159 cm³/mol. The molecule has 0 fully saturated rings. The van der Waals surface area contributed by atoms with Crippen LogP contribution in [0.5, 0.6) is 0 Å². The summed E-state index contributed by atoms with van der Waals surface area (Å²) in [6.45, 7) is 4.41. The molecule has 0 bridgehead atoms. The van der Waals surface area contributed by atoms with Gasteiger partial charge >= 0.3 is 37.7 Å². The molecule has 1 atom stereocenters. The molecule has 238 valence electrons. The van der Waals surface area contributed by atoms with E-state index in [0.29, 0.717) is 25.7 Å². The van der Waals surface area contributed by atoms with Crippen LogP contribution < -0.4 is 47.9 Å². The molecule has 0 radical (unpaired) electrons. The van der Waals surface area contributed by atoms with Gasteiger partial charge in [0.2, 0.25) is 0 Å². The third kappa shape index (κ3) is 22.5. The van der Waals surface area contributed by atoms with Crippen molar-refractivity contribution >= 4 is 22.1 Å². The second-order valence-electron chi connectivity index (χ2n) is 11.9. The molecular weight excluding hydrogens is 542 g/mol. The number of carboxylic acid groups (broad SMARTS) is 2. The fourth-order valence-corrected chi connectivity index (χ4v) is 7.04. The summed E-state index contributed by atoms with van der Waals surface area (Å²) in [5.74, 6) is -3.81. The molecule has 0 aromatic heterocycles. The molecule has 1 unspecified atom stereocenters. The zero-order chi connectivity index (χ0) is 30.1. The Labute approximate surface area is 282 Å². The molecule has 0 aromatic carbocycles. The average molecular weight is 603 g/mol. The molecule has 0 spiro atoms. The molecule has 0 rings (SSSR count). The van der Waals surface area contributed by atoms with Gasteiger partial charge in [-0.05, 0) is 12.8 Å². The molecule has 0 aliphatic carbocycles. The van der Waals surface area contributed by atoms with E-state index < -0.39 is 32.7 Å². The first kappa shape index (κ1) is 46.5. The maximum absolute atomic E-state index is 12.3. The fraction of sp³-hybridized carbons (Fsp3) is 0.938. The minimum atomic E-state index is -5.18. The van der Waals surface area contributed by atoms with Crippen molar-refractivity contribution in [3.05, 3.63) is 0 Å². The molecule has 0 saturated carbocycles. The normalized spacial score (nSPS) is 12.4. The topological polar surface area (TPSA) is 135 Å². The first-order valence-electron chi connectivity index (χ1n) is 16.5. The summed E-state index contributed by atoms with van der Waals surface area (Å²) in [7, 11) is -5.18. The first-order valence-corrected chi connectivity index (χ1v) is 18.0. The Morgan fingerprint density at radius 2 is 0.786 bits per heavy atom. The number of aliphatic carboxylic acids is 2. The quantitative estimate of drug-likeness (QED) is 0.0734. The van der Waals surface area contributed by atoms with Crippen LogP contribution in [0.2, 0.25) is 0 Å². The van der Waals surface area contributed by atoms with E-state index >= 15 is 0 Å². The number of carbonyl (C=O) groups is 2. The van der Waals surface area contributed by atoms with Crippen molar-refractivity contribution in [3.8, 4) is 0 Å². The Hall–Kier alpha value is 0.0448. The minimum absolute atomic E-state index is 0. The van der Waals surface area contributed by atoms with Crippen LogP contribution in [-0.4, -0.2) is 30.2 Å². The van der Waals surface area contributed by atoms with Crippen LogP contribution in [-0.2, 0) is 19.7 Å². The molecule has 10 heteroatoms. The smallest absolute Gasteiger partial charge is 0.549 e. The summed E-state index contributed by atoms with van der Waals surface area (Å²) in [6.07, 6.45) is 25.3. The molecule has 7 nitrogen and oxygen atoms in total. The van der Waals surface area contributed by atoms with Gasteiger partial charge in [0.1, 0.15) is 5.25 Å². The summed E-state index contributed by atoms with van der Waals surface area (Å²) in [5, 5.41) is 21.6. The van der Waals surface area contributed by atoms with Crippen molar-refractivity contribution in [2.75, 3.05) is 0 Å². The second-order valence-corrected chi connectivity index (χ2v) is 13.4. The Balaban J connectivity index is -0.00000760. The van der Waals surface area contributed by atoms with Crippen LogP contribution in [0.1, 0.15) is 181 Å². The molecule has 1 N–H and O–H groups in total. The van der Waals surface area contributed by atoms with Gasteiger partial charge in [-0.25, -0.2) is 0 Å². The van der Waals surface area contributed by atoms with Crippen molar-refractivity contribution < 1.29 is 70.5 Å². The monoisotopic (exact) mass is 602 g/mol. The summed E-state index contributed by atoms with van der Waals surface area (Å²) < 4.78 is 33.7. The van der Waals surface area contributed by atoms with E-state index in [4.69, 9.17) is 0 Å². The SMILES string of the molecule is CCCCCCCCCCCCCCC(CCCCCCCCCCCCCC)(C(=O)[O-])C(C(=O)[O-])S(=O)(=O)O.[Li+].[Li+]. The Morgan fingerprint density at radius 1 is 0.548 bits per heavy atom. The van der Waals surface area contributed by atoms with Crippen molar-refractivity contribution in [1.82, 2.24) is 0 Å². The minimum Gasteiger partial charge on any atom is -0.549 e. The van der Waals surface area contributed by atoms with E-state index in [1.165, 1.54) is 89.9 Å². The van der Waals surface area contributed by atoms with Crippen molar-refractivity contribution in [2.45, 2.75) is 186 Å². The van der Waals surface area contributed by atoms with Crippen LogP contribution >= 0.6 is 0 Å². The summed E-state index contributed by atoms with van der Waals surface area (Å²) >= 11 is 0. The zero-order valence-corrected chi connectivity index (χ0v) is 28.6. The third-order valence-electron chi connectivity index (χ3n) is 8.37. The number of hydrogen-bond donors (Lipinski definition) is 1. The number of rotatable bonds is 30. The van der Waals surface area contributed by atoms with Gasteiger partial charge in [-0.15, -0.1) is 0 Å². The molecule has 0 aliphatic rings. The van der Waals surface area contributed by atoms with Crippen LogP contribution in [0.15, 0.2) is 0 Å². The third-order valence-corrected chi connectivity index (χ3v) is 9.61. The maximum atomic E-state index is 12.3. The molecule has 0 amide bonds. The largest absolute Gasteiger partial charge is 1.00 e. The Bertz CT molecular complexity index is 719. The molecule has 42 heavy (non-hydrogen) atoms. The number of hydrogen-bond acceptors (Lipinski definition) is 6.